The summed E-state index contributed by atoms with van der Waals surface area (Å²) in [5.74, 6) is -1.08. The van der Waals surface area contributed by atoms with E-state index in [2.05, 4.69) is 121 Å². The summed E-state index contributed by atoms with van der Waals surface area (Å²) in [6, 6.07) is 25.5. The van der Waals surface area contributed by atoms with Gasteiger partial charge in [-0.1, -0.05) is 52.3 Å². The van der Waals surface area contributed by atoms with Crippen LogP contribution >= 0.6 is 47.8 Å². The van der Waals surface area contributed by atoms with Crippen molar-refractivity contribution in [1.29, 1.82) is 0 Å². The molecule has 0 atom stereocenters. The zero-order valence-electron chi connectivity index (χ0n) is 13.8. The number of carboxylic acids is 1. The highest BCUT2D eigenvalue weighted by Crippen LogP contribution is 2.41. The van der Waals surface area contributed by atoms with E-state index in [1.165, 1.54) is 14.7 Å². The monoisotopic (exact) mass is 556 g/mol. The second-order valence-electron chi connectivity index (χ2n) is 5.12. The van der Waals surface area contributed by atoms with Gasteiger partial charge >= 0.3 is 0 Å². The molecule has 26 heavy (non-hydrogen) atoms. The second kappa shape index (κ2) is 10.3. The van der Waals surface area contributed by atoms with Crippen LogP contribution < -0.4 is 5.11 Å². The van der Waals surface area contributed by atoms with Crippen molar-refractivity contribution >= 4 is 64.7 Å². The number of hydrogen-bond donors (Lipinski definition) is 0. The minimum atomic E-state index is -1.08. The van der Waals surface area contributed by atoms with Crippen molar-refractivity contribution in [3.05, 3.63) is 86.2 Å². The standard InChI is InChI=1S/C18H12Br3S.C2H4O2/c19-13-11-16(20)18(17(21)12-13)22(14-7-3-1-4-8-14)15-9-5-2-6-10-15;1-2(3)4/h1-12H;1H3,(H,3,4)/q+1;/p-1. The maximum Gasteiger partial charge on any atom is 0.194 e. The van der Waals surface area contributed by atoms with Crippen molar-refractivity contribution in [2.75, 3.05) is 0 Å². The van der Waals surface area contributed by atoms with Gasteiger partial charge < -0.3 is 9.90 Å². The fraction of sp³-hybridized carbons (Fsp3) is 0.0500. The predicted octanol–water partition coefficient (Wildman–Crippen LogP) is 5.83. The number of benzene rings is 3. The number of halogens is 3. The highest BCUT2D eigenvalue weighted by Gasteiger charge is 2.33. The van der Waals surface area contributed by atoms with Gasteiger partial charge in [-0.2, -0.15) is 0 Å². The van der Waals surface area contributed by atoms with Crippen LogP contribution in [-0.4, -0.2) is 5.97 Å². The Kier molecular flexibility index (Phi) is 8.41. The summed E-state index contributed by atoms with van der Waals surface area (Å²) in [6.45, 7) is 0.972. The van der Waals surface area contributed by atoms with Crippen LogP contribution in [0.25, 0.3) is 0 Å². The van der Waals surface area contributed by atoms with Gasteiger partial charge in [0, 0.05) is 10.4 Å². The molecule has 0 heterocycles. The van der Waals surface area contributed by atoms with Crippen LogP contribution in [0, 0.1) is 0 Å². The summed E-state index contributed by atoms with van der Waals surface area (Å²) >= 11 is 11.0. The Balaban J connectivity index is 0.000000552. The van der Waals surface area contributed by atoms with Gasteiger partial charge in [-0.3, -0.25) is 0 Å². The Hall–Kier alpha value is -1.08. The van der Waals surface area contributed by atoms with E-state index in [9.17, 15) is 0 Å². The minimum Gasteiger partial charge on any atom is -0.550 e. The SMILES string of the molecule is Brc1cc(Br)c([S+](c2ccccc2)c2ccccc2)c(Br)c1.CC(=O)[O-]. The van der Waals surface area contributed by atoms with E-state index in [-0.39, 0.29) is 10.9 Å². The molecular weight excluding hydrogens is 544 g/mol. The van der Waals surface area contributed by atoms with Crippen LogP contribution in [-0.2, 0) is 15.7 Å². The minimum absolute atomic E-state index is 0.161. The molecule has 0 fully saturated rings. The van der Waals surface area contributed by atoms with Crippen LogP contribution in [0.3, 0.4) is 0 Å². The summed E-state index contributed by atoms with van der Waals surface area (Å²) in [6.07, 6.45) is 0. The van der Waals surface area contributed by atoms with E-state index in [1.807, 2.05) is 0 Å². The molecule has 0 radical (unpaired) electrons. The zero-order chi connectivity index (χ0) is 19.1. The summed E-state index contributed by atoms with van der Waals surface area (Å²) in [5, 5.41) is 8.89. The van der Waals surface area contributed by atoms with Gasteiger partial charge in [-0.25, -0.2) is 0 Å². The third kappa shape index (κ3) is 5.98. The van der Waals surface area contributed by atoms with Gasteiger partial charge in [0.25, 0.3) is 0 Å². The molecule has 0 unspecified atom stereocenters. The van der Waals surface area contributed by atoms with E-state index in [0.29, 0.717) is 0 Å². The van der Waals surface area contributed by atoms with Crippen LogP contribution in [0.4, 0.5) is 0 Å². The third-order valence-electron chi connectivity index (χ3n) is 3.12. The number of aliphatic carboxylic acids is 1. The number of carbonyl (C=O) groups excluding carboxylic acids is 1. The highest BCUT2D eigenvalue weighted by atomic mass is 79.9. The largest absolute Gasteiger partial charge is 0.550 e. The number of rotatable bonds is 3. The molecule has 0 bridgehead atoms. The van der Waals surface area contributed by atoms with Crippen molar-refractivity contribution in [1.82, 2.24) is 0 Å². The Morgan fingerprint density at radius 2 is 1.15 bits per heavy atom. The molecule has 6 heteroatoms. The van der Waals surface area contributed by atoms with Gasteiger partial charge in [0.2, 0.25) is 0 Å². The van der Waals surface area contributed by atoms with Gasteiger partial charge in [0.15, 0.2) is 14.7 Å². The Bertz CT molecular complexity index is 804. The summed E-state index contributed by atoms with van der Waals surface area (Å²) in [4.78, 5) is 12.8. The van der Waals surface area contributed by atoms with Crippen molar-refractivity contribution in [2.45, 2.75) is 21.6 Å². The van der Waals surface area contributed by atoms with E-state index in [1.54, 1.807) is 0 Å². The first-order valence-electron chi connectivity index (χ1n) is 7.56. The fourth-order valence-electron chi connectivity index (χ4n) is 2.21. The molecule has 0 spiro atoms. The first-order chi connectivity index (χ1) is 12.4. The molecule has 0 aromatic heterocycles. The topological polar surface area (TPSA) is 40.1 Å². The molecule has 3 aromatic rings. The van der Waals surface area contributed by atoms with E-state index in [0.717, 1.165) is 20.3 Å². The number of carboxylic acid groups (broad SMARTS) is 1. The average molecular weight is 559 g/mol. The number of carbonyl (C=O) groups is 1. The molecule has 0 N–H and O–H groups in total. The average Bonchev–Trinajstić information content (AvgIpc) is 2.59. The van der Waals surface area contributed by atoms with Crippen LogP contribution in [0.15, 0.2) is 101 Å². The molecular formula is C20H15Br3O2S. The van der Waals surface area contributed by atoms with E-state index < -0.39 is 5.97 Å². The summed E-state index contributed by atoms with van der Waals surface area (Å²) < 4.78 is 3.26. The zero-order valence-corrected chi connectivity index (χ0v) is 19.4. The summed E-state index contributed by atoms with van der Waals surface area (Å²) in [5.41, 5.74) is 0. The van der Waals surface area contributed by atoms with Crippen molar-refractivity contribution < 1.29 is 9.90 Å². The Labute approximate surface area is 181 Å². The molecule has 3 rings (SSSR count). The van der Waals surface area contributed by atoms with Crippen molar-refractivity contribution in [2.24, 2.45) is 0 Å². The Morgan fingerprint density at radius 1 is 0.808 bits per heavy atom. The lowest BCUT2D eigenvalue weighted by atomic mass is 10.4. The summed E-state index contributed by atoms with van der Waals surface area (Å²) in [7, 11) is -0.161. The van der Waals surface area contributed by atoms with Crippen molar-refractivity contribution in [3.8, 4) is 0 Å². The lowest BCUT2D eigenvalue weighted by Gasteiger charge is -2.11. The van der Waals surface area contributed by atoms with Gasteiger partial charge in [0.1, 0.15) is 10.9 Å². The highest BCUT2D eigenvalue weighted by molar-refractivity contribution is 9.11. The van der Waals surface area contributed by atoms with Crippen LogP contribution in [0.2, 0.25) is 0 Å². The Morgan fingerprint density at radius 3 is 1.50 bits per heavy atom. The molecule has 0 aliphatic rings. The second-order valence-corrected chi connectivity index (χ2v) is 9.71. The molecule has 0 saturated heterocycles. The predicted molar refractivity (Wildman–Crippen MR) is 115 cm³/mol. The first-order valence-corrected chi connectivity index (χ1v) is 11.2. The molecule has 0 aliphatic carbocycles. The van der Waals surface area contributed by atoms with Crippen LogP contribution in [0.5, 0.6) is 0 Å². The lowest BCUT2D eigenvalue weighted by Crippen LogP contribution is -2.16. The van der Waals surface area contributed by atoms with Crippen molar-refractivity contribution in [3.63, 3.8) is 0 Å². The van der Waals surface area contributed by atoms with Crippen LogP contribution in [0.1, 0.15) is 6.92 Å². The normalized spacial score (nSPS) is 10.2. The van der Waals surface area contributed by atoms with Gasteiger partial charge in [-0.15, -0.1) is 0 Å². The smallest absolute Gasteiger partial charge is 0.194 e. The maximum atomic E-state index is 8.89. The molecule has 0 amide bonds. The van der Waals surface area contributed by atoms with E-state index >= 15 is 0 Å². The molecule has 2 nitrogen and oxygen atoms in total. The van der Waals surface area contributed by atoms with Gasteiger partial charge in [0.05, 0.1) is 8.95 Å². The first kappa shape index (κ1) is 21.2. The molecule has 0 aliphatic heterocycles. The van der Waals surface area contributed by atoms with E-state index in [4.69, 9.17) is 9.90 Å². The molecule has 134 valence electrons. The molecule has 0 saturated carbocycles. The third-order valence-corrected chi connectivity index (χ3v) is 7.69. The number of hydrogen-bond acceptors (Lipinski definition) is 2. The fourth-order valence-corrected chi connectivity index (χ4v) is 7.55. The lowest BCUT2D eigenvalue weighted by molar-refractivity contribution is -0.302. The maximum absolute atomic E-state index is 8.89. The molecule has 3 aromatic carbocycles. The quantitative estimate of drug-likeness (QED) is 0.380. The van der Waals surface area contributed by atoms with Gasteiger partial charge in [-0.05, 0) is 75.2 Å².